The molecule has 26 heavy (non-hydrogen) atoms. The number of aryl methyl sites for hydroxylation is 1. The van der Waals surface area contributed by atoms with Crippen molar-refractivity contribution >= 4 is 23.5 Å². The predicted octanol–water partition coefficient (Wildman–Crippen LogP) is 2.91. The van der Waals surface area contributed by atoms with Crippen LogP contribution in [0.1, 0.15) is 36.9 Å². The Labute approximate surface area is 152 Å². The van der Waals surface area contributed by atoms with Crippen LogP contribution in [-0.4, -0.2) is 22.9 Å². The Kier molecular flexibility index (Phi) is 6.91. The van der Waals surface area contributed by atoms with Crippen LogP contribution in [0.15, 0.2) is 54.6 Å². The molecule has 3 N–H and O–H groups in total. The van der Waals surface area contributed by atoms with Gasteiger partial charge >= 0.3 is 5.97 Å². The lowest BCUT2D eigenvalue weighted by Crippen LogP contribution is -2.29. The molecule has 1 atom stereocenters. The highest BCUT2D eigenvalue weighted by atomic mass is 16.4. The van der Waals surface area contributed by atoms with E-state index in [1.807, 2.05) is 36.4 Å². The van der Waals surface area contributed by atoms with Gasteiger partial charge in [-0.15, -0.1) is 0 Å². The Hall–Kier alpha value is -3.15. The van der Waals surface area contributed by atoms with Crippen molar-refractivity contribution < 1.29 is 19.5 Å². The summed E-state index contributed by atoms with van der Waals surface area (Å²) in [6.07, 6.45) is 0.538. The number of rotatable bonds is 8. The normalized spacial score (nSPS) is 11.4. The Morgan fingerprint density at radius 3 is 2.42 bits per heavy atom. The summed E-state index contributed by atoms with van der Waals surface area (Å²) in [5, 5.41) is 14.4. The molecule has 0 bridgehead atoms. The molecule has 0 saturated carbocycles. The van der Waals surface area contributed by atoms with E-state index in [4.69, 9.17) is 5.11 Å². The second kappa shape index (κ2) is 9.36. The van der Waals surface area contributed by atoms with Gasteiger partial charge in [0.05, 0.1) is 12.5 Å². The van der Waals surface area contributed by atoms with Gasteiger partial charge in [0, 0.05) is 19.0 Å². The van der Waals surface area contributed by atoms with Crippen LogP contribution in [0.5, 0.6) is 0 Å². The van der Waals surface area contributed by atoms with Gasteiger partial charge in [0.25, 0.3) is 0 Å². The van der Waals surface area contributed by atoms with Gasteiger partial charge in [-0.05, 0) is 29.7 Å². The lowest BCUT2D eigenvalue weighted by atomic mass is 10.0. The molecule has 136 valence electrons. The van der Waals surface area contributed by atoms with Crippen molar-refractivity contribution in [2.45, 2.75) is 32.2 Å². The van der Waals surface area contributed by atoms with Gasteiger partial charge in [-0.1, -0.05) is 42.5 Å². The highest BCUT2D eigenvalue weighted by Gasteiger charge is 2.17. The average Bonchev–Trinajstić information content (AvgIpc) is 2.60. The van der Waals surface area contributed by atoms with Crippen LogP contribution in [0, 0.1) is 0 Å². The zero-order valence-corrected chi connectivity index (χ0v) is 14.6. The smallest absolute Gasteiger partial charge is 0.303 e. The Bertz CT molecular complexity index is 774. The second-order valence-corrected chi connectivity index (χ2v) is 6.01. The second-order valence-electron chi connectivity index (χ2n) is 6.01. The topological polar surface area (TPSA) is 95.5 Å². The van der Waals surface area contributed by atoms with Gasteiger partial charge in [0.2, 0.25) is 11.8 Å². The van der Waals surface area contributed by atoms with Crippen molar-refractivity contribution in [1.29, 1.82) is 0 Å². The number of hydrogen-bond donors (Lipinski definition) is 3. The molecule has 0 fully saturated rings. The van der Waals surface area contributed by atoms with Crippen molar-refractivity contribution in [2.75, 3.05) is 5.32 Å². The van der Waals surface area contributed by atoms with Gasteiger partial charge in [-0.25, -0.2) is 0 Å². The summed E-state index contributed by atoms with van der Waals surface area (Å²) in [5.41, 5.74) is 2.30. The number of anilines is 1. The monoisotopic (exact) mass is 354 g/mol. The van der Waals surface area contributed by atoms with E-state index < -0.39 is 12.0 Å². The van der Waals surface area contributed by atoms with Crippen LogP contribution in [-0.2, 0) is 20.8 Å². The zero-order valence-electron chi connectivity index (χ0n) is 14.6. The summed E-state index contributed by atoms with van der Waals surface area (Å²) in [7, 11) is 0. The molecule has 2 rings (SSSR count). The van der Waals surface area contributed by atoms with Gasteiger partial charge in [0.15, 0.2) is 0 Å². The number of aliphatic carboxylic acids is 1. The molecular weight excluding hydrogens is 332 g/mol. The summed E-state index contributed by atoms with van der Waals surface area (Å²) in [4.78, 5) is 34.5. The number of carboxylic acids is 1. The van der Waals surface area contributed by atoms with Crippen LogP contribution < -0.4 is 10.6 Å². The summed E-state index contributed by atoms with van der Waals surface area (Å²) in [6.45, 7) is 1.42. The highest BCUT2D eigenvalue weighted by molar-refractivity contribution is 5.91. The van der Waals surface area contributed by atoms with Crippen LogP contribution in [0.2, 0.25) is 0 Å². The van der Waals surface area contributed by atoms with Gasteiger partial charge < -0.3 is 15.7 Å². The fourth-order valence-electron chi connectivity index (χ4n) is 2.64. The first-order valence-electron chi connectivity index (χ1n) is 8.36. The first kappa shape index (κ1) is 19.2. The fraction of sp³-hybridized carbons (Fsp3) is 0.250. The SMILES string of the molecule is CC(=O)NC(CC(=O)Nc1cccc(CCC(=O)O)c1)c1ccccc1. The molecular formula is C20H22N2O4. The molecule has 6 heteroatoms. The quantitative estimate of drug-likeness (QED) is 0.679. The zero-order chi connectivity index (χ0) is 18.9. The summed E-state index contributed by atoms with van der Waals surface area (Å²) < 4.78 is 0. The van der Waals surface area contributed by atoms with Crippen molar-refractivity contribution in [2.24, 2.45) is 0 Å². The van der Waals surface area contributed by atoms with Crippen LogP contribution in [0.3, 0.4) is 0 Å². The molecule has 0 aliphatic carbocycles. The number of hydrogen-bond acceptors (Lipinski definition) is 3. The summed E-state index contributed by atoms with van der Waals surface area (Å²) in [5.74, 6) is -1.30. The number of nitrogens with one attached hydrogen (secondary N) is 2. The number of benzene rings is 2. The fourth-order valence-corrected chi connectivity index (χ4v) is 2.64. The molecule has 0 heterocycles. The number of carbonyl (C=O) groups excluding carboxylic acids is 2. The van der Waals surface area contributed by atoms with Gasteiger partial charge in [-0.3, -0.25) is 14.4 Å². The maximum atomic E-state index is 12.4. The van der Waals surface area contributed by atoms with E-state index in [2.05, 4.69) is 10.6 Å². The summed E-state index contributed by atoms with van der Waals surface area (Å²) in [6, 6.07) is 16.0. The van der Waals surface area contributed by atoms with E-state index in [0.29, 0.717) is 12.1 Å². The molecule has 0 aliphatic heterocycles. The van der Waals surface area contributed by atoms with Crippen molar-refractivity contribution in [3.63, 3.8) is 0 Å². The Morgan fingerprint density at radius 2 is 1.77 bits per heavy atom. The largest absolute Gasteiger partial charge is 0.481 e. The molecule has 0 saturated heterocycles. The predicted molar refractivity (Wildman–Crippen MR) is 98.6 cm³/mol. The highest BCUT2D eigenvalue weighted by Crippen LogP contribution is 2.18. The van der Waals surface area contributed by atoms with Crippen molar-refractivity contribution in [1.82, 2.24) is 5.32 Å². The van der Waals surface area contributed by atoms with E-state index in [9.17, 15) is 14.4 Å². The van der Waals surface area contributed by atoms with Crippen LogP contribution in [0.4, 0.5) is 5.69 Å². The minimum Gasteiger partial charge on any atom is -0.481 e. The lowest BCUT2D eigenvalue weighted by molar-refractivity contribution is -0.137. The van der Waals surface area contributed by atoms with E-state index in [1.54, 1.807) is 18.2 Å². The maximum absolute atomic E-state index is 12.4. The third-order valence-corrected chi connectivity index (χ3v) is 3.81. The Balaban J connectivity index is 2.02. The van der Waals surface area contributed by atoms with Crippen LogP contribution >= 0.6 is 0 Å². The minimum atomic E-state index is -0.861. The van der Waals surface area contributed by atoms with E-state index in [0.717, 1.165) is 11.1 Å². The van der Waals surface area contributed by atoms with E-state index in [1.165, 1.54) is 6.92 Å². The van der Waals surface area contributed by atoms with Gasteiger partial charge in [0.1, 0.15) is 0 Å². The number of carbonyl (C=O) groups is 3. The van der Waals surface area contributed by atoms with Gasteiger partial charge in [-0.2, -0.15) is 0 Å². The van der Waals surface area contributed by atoms with Crippen molar-refractivity contribution in [3.8, 4) is 0 Å². The molecule has 2 aromatic carbocycles. The van der Waals surface area contributed by atoms with Crippen molar-refractivity contribution in [3.05, 3.63) is 65.7 Å². The molecule has 2 aromatic rings. The first-order valence-corrected chi connectivity index (χ1v) is 8.36. The molecule has 0 aliphatic rings. The lowest BCUT2D eigenvalue weighted by Gasteiger charge is -2.18. The molecule has 2 amide bonds. The van der Waals surface area contributed by atoms with E-state index >= 15 is 0 Å². The van der Waals surface area contributed by atoms with Crippen LogP contribution in [0.25, 0.3) is 0 Å². The number of amides is 2. The first-order chi connectivity index (χ1) is 12.4. The maximum Gasteiger partial charge on any atom is 0.303 e. The molecule has 1 unspecified atom stereocenters. The molecule has 0 radical (unpaired) electrons. The molecule has 0 spiro atoms. The number of carboxylic acid groups (broad SMARTS) is 1. The van der Waals surface area contributed by atoms with E-state index in [-0.39, 0.29) is 24.7 Å². The Morgan fingerprint density at radius 1 is 1.04 bits per heavy atom. The third-order valence-electron chi connectivity index (χ3n) is 3.81. The standard InChI is InChI=1S/C20H22N2O4/c1-14(23)21-18(16-7-3-2-4-8-16)13-19(24)22-17-9-5-6-15(12-17)10-11-20(25)26/h2-9,12,18H,10-11,13H2,1H3,(H,21,23)(H,22,24)(H,25,26). The minimum absolute atomic E-state index is 0.0377. The summed E-state index contributed by atoms with van der Waals surface area (Å²) >= 11 is 0. The molecule has 0 aromatic heterocycles. The average molecular weight is 354 g/mol. The third kappa shape index (κ3) is 6.39. The molecule has 6 nitrogen and oxygen atoms in total.